The van der Waals surface area contributed by atoms with Crippen molar-refractivity contribution in [3.8, 4) is 0 Å². The molecular weight excluding hydrogens is 290 g/mol. The van der Waals surface area contributed by atoms with E-state index in [0.29, 0.717) is 23.6 Å². The predicted octanol–water partition coefficient (Wildman–Crippen LogP) is 2.02. The summed E-state index contributed by atoms with van der Waals surface area (Å²) in [5.74, 6) is 1.39. The zero-order chi connectivity index (χ0) is 16.4. The van der Waals surface area contributed by atoms with Crippen molar-refractivity contribution in [2.24, 2.45) is 11.8 Å². The van der Waals surface area contributed by atoms with Gasteiger partial charge in [-0.1, -0.05) is 19.1 Å². The average molecular weight is 319 g/mol. The van der Waals surface area contributed by atoms with Crippen LogP contribution in [-0.2, 0) is 0 Å². The second-order valence-corrected chi connectivity index (χ2v) is 7.48. The second-order valence-electron chi connectivity index (χ2n) is 7.48. The van der Waals surface area contributed by atoms with Crippen molar-refractivity contribution in [3.05, 3.63) is 11.4 Å². The lowest BCUT2D eigenvalue weighted by Gasteiger charge is -2.23. The van der Waals surface area contributed by atoms with Gasteiger partial charge in [-0.05, 0) is 57.5 Å². The fourth-order valence-electron chi connectivity index (χ4n) is 3.96. The number of amides is 1. The van der Waals surface area contributed by atoms with Gasteiger partial charge in [0.2, 0.25) is 0 Å². The van der Waals surface area contributed by atoms with Crippen molar-refractivity contribution in [2.45, 2.75) is 52.5 Å². The highest BCUT2D eigenvalue weighted by atomic mass is 16.2. The predicted molar refractivity (Wildman–Crippen MR) is 89.4 cm³/mol. The second kappa shape index (κ2) is 6.99. The third-order valence-corrected chi connectivity index (χ3v) is 5.16. The number of hydrogen-bond acceptors (Lipinski definition) is 4. The van der Waals surface area contributed by atoms with E-state index in [2.05, 4.69) is 29.5 Å². The Balaban J connectivity index is 1.67. The van der Waals surface area contributed by atoms with Crippen LogP contribution in [0.1, 0.15) is 61.8 Å². The number of nitrogens with zero attached hydrogens (tertiary/aromatic N) is 4. The molecule has 1 N–H and O–H groups in total. The van der Waals surface area contributed by atoms with Gasteiger partial charge in [-0.2, -0.15) is 0 Å². The summed E-state index contributed by atoms with van der Waals surface area (Å²) in [6.45, 7) is 10.2. The lowest BCUT2D eigenvalue weighted by atomic mass is 9.97. The fraction of sp³-hybridized carbons (Fsp3) is 0.824. The van der Waals surface area contributed by atoms with Crippen LogP contribution < -0.4 is 5.32 Å². The maximum atomic E-state index is 12.8. The van der Waals surface area contributed by atoms with E-state index in [-0.39, 0.29) is 5.91 Å². The molecule has 1 aromatic heterocycles. The molecule has 2 aliphatic heterocycles. The quantitative estimate of drug-likeness (QED) is 0.922. The molecule has 3 rings (SSSR count). The van der Waals surface area contributed by atoms with Gasteiger partial charge in [0.1, 0.15) is 0 Å². The molecule has 0 aromatic carbocycles. The first-order valence-electron chi connectivity index (χ1n) is 8.98. The molecule has 2 aliphatic rings. The van der Waals surface area contributed by atoms with Crippen molar-refractivity contribution in [3.63, 3.8) is 0 Å². The van der Waals surface area contributed by atoms with Gasteiger partial charge in [-0.25, -0.2) is 4.68 Å². The Morgan fingerprint density at radius 3 is 2.74 bits per heavy atom. The highest BCUT2D eigenvalue weighted by molar-refractivity contribution is 5.93. The van der Waals surface area contributed by atoms with Gasteiger partial charge in [0.15, 0.2) is 5.69 Å². The monoisotopic (exact) mass is 319 g/mol. The minimum atomic E-state index is 0.0638. The Labute approximate surface area is 138 Å². The summed E-state index contributed by atoms with van der Waals surface area (Å²) in [5, 5.41) is 11.9. The number of rotatable bonds is 4. The van der Waals surface area contributed by atoms with E-state index in [9.17, 15) is 4.79 Å². The molecule has 128 valence electrons. The molecule has 0 radical (unpaired) electrons. The first-order chi connectivity index (χ1) is 11.1. The molecule has 1 unspecified atom stereocenters. The van der Waals surface area contributed by atoms with E-state index in [1.807, 2.05) is 16.5 Å². The largest absolute Gasteiger partial charge is 0.337 e. The lowest BCUT2D eigenvalue weighted by molar-refractivity contribution is 0.0779. The van der Waals surface area contributed by atoms with Crippen LogP contribution in [0.5, 0.6) is 0 Å². The number of aromatic nitrogens is 3. The molecule has 0 spiro atoms. The number of carbonyl (C=O) groups excluding carboxylic acids is 1. The topological polar surface area (TPSA) is 63.1 Å². The first-order valence-corrected chi connectivity index (χ1v) is 8.98. The van der Waals surface area contributed by atoms with E-state index in [0.717, 1.165) is 51.1 Å². The van der Waals surface area contributed by atoms with Crippen LogP contribution in [-0.4, -0.2) is 52.0 Å². The zero-order valence-electron chi connectivity index (χ0n) is 14.6. The first kappa shape index (κ1) is 16.4. The highest BCUT2D eigenvalue weighted by Crippen LogP contribution is 2.26. The van der Waals surface area contributed by atoms with Crippen LogP contribution in [0.15, 0.2) is 0 Å². The molecule has 1 aromatic rings. The Bertz CT molecular complexity index is 547. The Kier molecular flexibility index (Phi) is 4.99. The van der Waals surface area contributed by atoms with Crippen molar-refractivity contribution in [1.29, 1.82) is 0 Å². The van der Waals surface area contributed by atoms with E-state index in [4.69, 9.17) is 0 Å². The molecular formula is C17H29N5O. The normalized spacial score (nSPS) is 23.0. The van der Waals surface area contributed by atoms with Gasteiger partial charge < -0.3 is 10.2 Å². The molecule has 6 nitrogen and oxygen atoms in total. The fourth-order valence-corrected chi connectivity index (χ4v) is 3.96. The standard InChI is InChI=1S/C17H29N5O/c1-12(2)10-14-6-9-21(11-14)17(23)16-13(3)22(20-19-16)15-4-7-18-8-5-15/h12,14-15,18H,4-11H2,1-3H3. The minimum Gasteiger partial charge on any atom is -0.337 e. The van der Waals surface area contributed by atoms with Crippen LogP contribution >= 0.6 is 0 Å². The number of hydrogen-bond donors (Lipinski definition) is 1. The molecule has 6 heteroatoms. The SMILES string of the molecule is Cc1c(C(=O)N2CCC(CC(C)C)C2)nnn1C1CCNCC1. The van der Waals surface area contributed by atoms with Crippen molar-refractivity contribution in [1.82, 2.24) is 25.2 Å². The third kappa shape index (κ3) is 3.57. The lowest BCUT2D eigenvalue weighted by Crippen LogP contribution is -2.31. The summed E-state index contributed by atoms with van der Waals surface area (Å²) >= 11 is 0. The van der Waals surface area contributed by atoms with E-state index >= 15 is 0 Å². The Hall–Kier alpha value is -1.43. The molecule has 2 saturated heterocycles. The zero-order valence-corrected chi connectivity index (χ0v) is 14.6. The van der Waals surface area contributed by atoms with Gasteiger partial charge in [0.05, 0.1) is 11.7 Å². The van der Waals surface area contributed by atoms with Crippen molar-refractivity contribution < 1.29 is 4.79 Å². The Morgan fingerprint density at radius 1 is 1.30 bits per heavy atom. The molecule has 2 fully saturated rings. The van der Waals surface area contributed by atoms with Gasteiger partial charge in [-0.3, -0.25) is 4.79 Å². The van der Waals surface area contributed by atoms with Gasteiger partial charge in [0, 0.05) is 13.1 Å². The summed E-state index contributed by atoms with van der Waals surface area (Å²) in [6, 6.07) is 0.373. The summed E-state index contributed by atoms with van der Waals surface area (Å²) < 4.78 is 1.97. The van der Waals surface area contributed by atoms with Crippen LogP contribution in [0.4, 0.5) is 0 Å². The molecule has 0 aliphatic carbocycles. The number of piperidine rings is 1. The van der Waals surface area contributed by atoms with E-state index in [1.165, 1.54) is 6.42 Å². The van der Waals surface area contributed by atoms with E-state index in [1.54, 1.807) is 0 Å². The van der Waals surface area contributed by atoms with E-state index < -0.39 is 0 Å². The smallest absolute Gasteiger partial charge is 0.276 e. The van der Waals surface area contributed by atoms with Gasteiger partial charge in [0.25, 0.3) is 5.91 Å². The van der Waals surface area contributed by atoms with Gasteiger partial charge in [-0.15, -0.1) is 5.10 Å². The van der Waals surface area contributed by atoms with Crippen LogP contribution in [0.2, 0.25) is 0 Å². The summed E-state index contributed by atoms with van der Waals surface area (Å²) in [6.07, 6.45) is 4.42. The highest BCUT2D eigenvalue weighted by Gasteiger charge is 2.31. The Morgan fingerprint density at radius 2 is 2.04 bits per heavy atom. The molecule has 0 saturated carbocycles. The summed E-state index contributed by atoms with van der Waals surface area (Å²) in [7, 11) is 0. The summed E-state index contributed by atoms with van der Waals surface area (Å²) in [5.41, 5.74) is 1.47. The van der Waals surface area contributed by atoms with Crippen LogP contribution in [0, 0.1) is 18.8 Å². The number of nitrogens with one attached hydrogen (secondary N) is 1. The van der Waals surface area contributed by atoms with Crippen molar-refractivity contribution in [2.75, 3.05) is 26.2 Å². The molecule has 0 bridgehead atoms. The molecule has 1 atom stereocenters. The maximum Gasteiger partial charge on any atom is 0.276 e. The number of carbonyl (C=O) groups is 1. The molecule has 1 amide bonds. The number of likely N-dealkylation sites (tertiary alicyclic amines) is 1. The van der Waals surface area contributed by atoms with Crippen LogP contribution in [0.3, 0.4) is 0 Å². The minimum absolute atomic E-state index is 0.0638. The van der Waals surface area contributed by atoms with Crippen molar-refractivity contribution >= 4 is 5.91 Å². The molecule has 3 heterocycles. The van der Waals surface area contributed by atoms with Crippen LogP contribution in [0.25, 0.3) is 0 Å². The molecule has 23 heavy (non-hydrogen) atoms. The summed E-state index contributed by atoms with van der Waals surface area (Å²) in [4.78, 5) is 14.8. The average Bonchev–Trinajstić information content (AvgIpc) is 3.14. The third-order valence-electron chi connectivity index (χ3n) is 5.16. The van der Waals surface area contributed by atoms with Gasteiger partial charge >= 0.3 is 0 Å². The maximum absolute atomic E-state index is 12.8.